The Hall–Kier alpha value is -0.417. The fourth-order valence-corrected chi connectivity index (χ4v) is 1.01. The van der Waals surface area contributed by atoms with Crippen LogP contribution in [-0.2, 0) is 19.5 Å². The van der Waals surface area contributed by atoms with Crippen molar-refractivity contribution in [3.05, 3.63) is 47.6 Å². The molecule has 0 spiro atoms. The van der Waals surface area contributed by atoms with Crippen molar-refractivity contribution >= 4 is 0 Å². The second kappa shape index (κ2) is 2.45. The first-order valence-corrected chi connectivity index (χ1v) is 2.74. The van der Waals surface area contributed by atoms with Crippen molar-refractivity contribution in [1.29, 1.82) is 0 Å². The van der Waals surface area contributed by atoms with E-state index in [0.29, 0.717) is 0 Å². The minimum Gasteiger partial charge on any atom is -0.0610 e. The molecule has 1 heteroatoms. The second-order valence-electron chi connectivity index (χ2n) is 1.96. The average molecular weight is 205 g/mol. The number of hydrogen-bond acceptors (Lipinski definition) is 0. The molecule has 0 saturated carbocycles. The van der Waals surface area contributed by atoms with Gasteiger partial charge in [-0.15, -0.1) is 0 Å². The fraction of sp³-hybridized carbons (Fsp3) is 0. The first-order valence-electron chi connectivity index (χ1n) is 2.74. The summed E-state index contributed by atoms with van der Waals surface area (Å²) in [5.41, 5.74) is 2.70. The molecule has 0 atom stereocenters. The summed E-state index contributed by atoms with van der Waals surface area (Å²) in [6, 6.07) is 0. The number of fused-ring (bicyclic) bond motifs is 1. The standard InChI is InChI=1S/C8H6.Rh/c1-3-7-5-2-6-8(7)4-1;/h1-6H;. The molecular weight excluding hydrogens is 199 g/mol. The molecule has 9 heavy (non-hydrogen) atoms. The van der Waals surface area contributed by atoms with E-state index < -0.39 is 0 Å². The first-order chi connectivity index (χ1) is 3.97. The molecule has 0 aromatic carbocycles. The van der Waals surface area contributed by atoms with E-state index in [9.17, 15) is 0 Å². The average Bonchev–Trinajstić information content (AvgIpc) is 2.15. The van der Waals surface area contributed by atoms with E-state index in [-0.39, 0.29) is 19.5 Å². The zero-order valence-corrected chi connectivity index (χ0v) is 6.44. The van der Waals surface area contributed by atoms with Crippen molar-refractivity contribution < 1.29 is 19.5 Å². The Balaban J connectivity index is 0.000000405. The first kappa shape index (κ1) is 6.70. The van der Waals surface area contributed by atoms with Crippen LogP contribution in [0.1, 0.15) is 0 Å². The zero-order chi connectivity index (χ0) is 5.40. The maximum absolute atomic E-state index is 2.12. The van der Waals surface area contributed by atoms with E-state index in [0.717, 1.165) is 0 Å². The second-order valence-corrected chi connectivity index (χ2v) is 1.96. The molecule has 0 fully saturated rings. The van der Waals surface area contributed by atoms with Crippen LogP contribution in [-0.4, -0.2) is 0 Å². The summed E-state index contributed by atoms with van der Waals surface area (Å²) in [4.78, 5) is 0. The molecule has 0 bridgehead atoms. The van der Waals surface area contributed by atoms with Gasteiger partial charge in [-0.2, -0.15) is 0 Å². The quantitative estimate of drug-likeness (QED) is 0.530. The third kappa shape index (κ3) is 0.973. The summed E-state index contributed by atoms with van der Waals surface area (Å²) in [6.45, 7) is 0. The number of hydrogen-bond donors (Lipinski definition) is 0. The molecule has 2 aliphatic carbocycles. The summed E-state index contributed by atoms with van der Waals surface area (Å²) in [6.07, 6.45) is 12.6. The van der Waals surface area contributed by atoms with E-state index in [1.807, 2.05) is 0 Å². The van der Waals surface area contributed by atoms with Crippen LogP contribution in [0.25, 0.3) is 0 Å². The maximum Gasteiger partial charge on any atom is 0 e. The fourth-order valence-electron chi connectivity index (χ4n) is 1.01. The molecule has 0 unspecified atom stereocenters. The Labute approximate surface area is 67.4 Å². The summed E-state index contributed by atoms with van der Waals surface area (Å²) < 4.78 is 0. The van der Waals surface area contributed by atoms with E-state index in [1.54, 1.807) is 0 Å². The molecule has 0 saturated heterocycles. The maximum atomic E-state index is 2.12. The van der Waals surface area contributed by atoms with Gasteiger partial charge in [-0.25, -0.2) is 0 Å². The largest absolute Gasteiger partial charge is 0.0610 e. The van der Waals surface area contributed by atoms with Crippen LogP contribution in [0.2, 0.25) is 0 Å². The molecule has 47 valence electrons. The monoisotopic (exact) mass is 205 g/mol. The molecular formula is C8H6Rh. The molecule has 0 aliphatic heterocycles. The Morgan fingerprint density at radius 2 is 1.22 bits per heavy atom. The molecule has 0 nitrogen and oxygen atoms in total. The third-order valence-corrected chi connectivity index (χ3v) is 1.44. The minimum absolute atomic E-state index is 0. The van der Waals surface area contributed by atoms with Crippen LogP contribution in [0, 0.1) is 0 Å². The van der Waals surface area contributed by atoms with Gasteiger partial charge in [0, 0.05) is 19.5 Å². The van der Waals surface area contributed by atoms with Crippen molar-refractivity contribution in [2.45, 2.75) is 0 Å². The molecule has 0 N–H and O–H groups in total. The summed E-state index contributed by atoms with van der Waals surface area (Å²) >= 11 is 0. The van der Waals surface area contributed by atoms with Crippen LogP contribution >= 0.6 is 0 Å². The van der Waals surface area contributed by atoms with Gasteiger partial charge in [0.15, 0.2) is 0 Å². The molecule has 2 aliphatic rings. The van der Waals surface area contributed by atoms with Gasteiger partial charge >= 0.3 is 0 Å². The van der Waals surface area contributed by atoms with Crippen LogP contribution in [0.3, 0.4) is 0 Å². The van der Waals surface area contributed by atoms with E-state index in [1.165, 1.54) is 11.1 Å². The van der Waals surface area contributed by atoms with Gasteiger partial charge < -0.3 is 0 Å². The molecule has 1 radical (unpaired) electrons. The van der Waals surface area contributed by atoms with Gasteiger partial charge in [-0.05, 0) is 11.1 Å². The summed E-state index contributed by atoms with van der Waals surface area (Å²) in [7, 11) is 0. The summed E-state index contributed by atoms with van der Waals surface area (Å²) in [5, 5.41) is 0. The predicted octanol–water partition coefficient (Wildman–Crippen LogP) is 1.98. The predicted molar refractivity (Wildman–Crippen MR) is 34.4 cm³/mol. The van der Waals surface area contributed by atoms with Crippen LogP contribution in [0.4, 0.5) is 0 Å². The Kier molecular flexibility index (Phi) is 1.82. The Morgan fingerprint density at radius 3 is 1.67 bits per heavy atom. The summed E-state index contributed by atoms with van der Waals surface area (Å²) in [5.74, 6) is 0. The Bertz CT molecular complexity index is 203. The van der Waals surface area contributed by atoms with Crippen LogP contribution in [0.15, 0.2) is 47.6 Å². The SMILES string of the molecule is C1=CC2=CC=CC2=C1.[Rh]. The number of rotatable bonds is 0. The van der Waals surface area contributed by atoms with Gasteiger partial charge in [0.2, 0.25) is 0 Å². The van der Waals surface area contributed by atoms with Crippen molar-refractivity contribution in [2.24, 2.45) is 0 Å². The van der Waals surface area contributed by atoms with Gasteiger partial charge in [0.25, 0.3) is 0 Å². The topological polar surface area (TPSA) is 0 Å². The van der Waals surface area contributed by atoms with Crippen molar-refractivity contribution in [2.75, 3.05) is 0 Å². The molecule has 0 aromatic heterocycles. The normalized spacial score (nSPS) is 18.7. The van der Waals surface area contributed by atoms with E-state index >= 15 is 0 Å². The third-order valence-electron chi connectivity index (χ3n) is 1.44. The molecule has 2 rings (SSSR count). The zero-order valence-electron chi connectivity index (χ0n) is 4.80. The Morgan fingerprint density at radius 1 is 0.778 bits per heavy atom. The van der Waals surface area contributed by atoms with E-state index in [4.69, 9.17) is 0 Å². The minimum atomic E-state index is 0. The van der Waals surface area contributed by atoms with Crippen molar-refractivity contribution in [1.82, 2.24) is 0 Å². The van der Waals surface area contributed by atoms with Gasteiger partial charge in [-0.3, -0.25) is 0 Å². The van der Waals surface area contributed by atoms with Crippen LogP contribution < -0.4 is 0 Å². The molecule has 0 aromatic rings. The van der Waals surface area contributed by atoms with Gasteiger partial charge in [0.05, 0.1) is 0 Å². The van der Waals surface area contributed by atoms with Crippen LogP contribution in [0.5, 0.6) is 0 Å². The van der Waals surface area contributed by atoms with Crippen molar-refractivity contribution in [3.63, 3.8) is 0 Å². The van der Waals surface area contributed by atoms with E-state index in [2.05, 4.69) is 36.5 Å². The smallest absolute Gasteiger partial charge is 0 e. The number of allylic oxidation sites excluding steroid dienone is 8. The molecule has 0 heterocycles. The van der Waals surface area contributed by atoms with Gasteiger partial charge in [0.1, 0.15) is 0 Å². The van der Waals surface area contributed by atoms with Crippen molar-refractivity contribution in [3.8, 4) is 0 Å². The molecule has 0 amide bonds. The van der Waals surface area contributed by atoms with Gasteiger partial charge in [-0.1, -0.05) is 36.5 Å².